The number of benzene rings is 2. The molecule has 9 heteroatoms. The summed E-state index contributed by atoms with van der Waals surface area (Å²) >= 11 is 2.61. The summed E-state index contributed by atoms with van der Waals surface area (Å²) in [7, 11) is 1.64. The van der Waals surface area contributed by atoms with Crippen LogP contribution in [0.1, 0.15) is 9.67 Å². The Morgan fingerprint density at radius 2 is 1.68 bits per heavy atom. The molecule has 38 heavy (non-hydrogen) atoms. The van der Waals surface area contributed by atoms with Crippen LogP contribution in [0.25, 0.3) is 44.0 Å². The van der Waals surface area contributed by atoms with Gasteiger partial charge in [0.25, 0.3) is 5.91 Å². The molecule has 0 saturated carbocycles. The Morgan fingerprint density at radius 3 is 2.42 bits per heavy atom. The number of carbonyl (C=O) groups excluding carboxylic acids is 1. The molecule has 0 saturated heterocycles. The van der Waals surface area contributed by atoms with Crippen LogP contribution in [-0.2, 0) is 0 Å². The number of nitrogens with one attached hydrogen (secondary N) is 1. The van der Waals surface area contributed by atoms with Crippen molar-refractivity contribution < 1.29 is 9.53 Å². The van der Waals surface area contributed by atoms with E-state index in [1.165, 1.54) is 22.7 Å². The average Bonchev–Trinajstić information content (AvgIpc) is 3.58. The number of rotatable bonds is 6. The third-order valence-corrected chi connectivity index (χ3v) is 7.88. The summed E-state index contributed by atoms with van der Waals surface area (Å²) in [6.07, 6.45) is 1.71. The standard InChI is InChI=1S/C29H21N5O2S2/c1-36-19-12-10-17(11-13-19)20-15-22(18-7-3-2-4-8-18)32-28-24(20)25(30)26(38-28)27(35)34-29-33-23(16-37-29)21-9-5-6-14-31-21/h2-16H,30H2,1H3,(H,33,34,35). The van der Waals surface area contributed by atoms with E-state index in [4.69, 9.17) is 15.5 Å². The number of amides is 1. The zero-order valence-electron chi connectivity index (χ0n) is 20.2. The van der Waals surface area contributed by atoms with Crippen molar-refractivity contribution in [2.45, 2.75) is 0 Å². The summed E-state index contributed by atoms with van der Waals surface area (Å²) in [6.45, 7) is 0. The lowest BCUT2D eigenvalue weighted by Crippen LogP contribution is -2.11. The number of thiophene rings is 1. The summed E-state index contributed by atoms with van der Waals surface area (Å²) in [5, 5.41) is 5.98. The number of thiazole rings is 1. The SMILES string of the molecule is COc1ccc(-c2cc(-c3ccccc3)nc3sc(C(=O)Nc4nc(-c5ccccn5)cs4)c(N)c23)cc1. The molecule has 0 aliphatic carbocycles. The number of nitrogens with zero attached hydrogens (tertiary/aromatic N) is 3. The van der Waals surface area contributed by atoms with E-state index >= 15 is 0 Å². The highest BCUT2D eigenvalue weighted by atomic mass is 32.1. The smallest absolute Gasteiger partial charge is 0.269 e. The van der Waals surface area contributed by atoms with Gasteiger partial charge in [-0.05, 0) is 41.5 Å². The summed E-state index contributed by atoms with van der Waals surface area (Å²) in [6, 6.07) is 25.4. The van der Waals surface area contributed by atoms with E-state index < -0.39 is 0 Å². The van der Waals surface area contributed by atoms with Crippen LogP contribution in [0.15, 0.2) is 90.4 Å². The predicted molar refractivity (Wildman–Crippen MR) is 155 cm³/mol. The van der Waals surface area contributed by atoms with Crippen molar-refractivity contribution in [2.24, 2.45) is 0 Å². The van der Waals surface area contributed by atoms with Crippen LogP contribution in [0.3, 0.4) is 0 Å². The Labute approximate surface area is 226 Å². The maximum Gasteiger partial charge on any atom is 0.269 e. The largest absolute Gasteiger partial charge is 0.497 e. The zero-order chi connectivity index (χ0) is 26.1. The Morgan fingerprint density at radius 1 is 0.895 bits per heavy atom. The summed E-state index contributed by atoms with van der Waals surface area (Å²) < 4.78 is 5.33. The quantitative estimate of drug-likeness (QED) is 0.238. The molecule has 4 heterocycles. The normalized spacial score (nSPS) is 11.0. The number of methoxy groups -OCH3 is 1. The van der Waals surface area contributed by atoms with E-state index in [0.717, 1.165) is 39.2 Å². The summed E-state index contributed by atoms with van der Waals surface area (Å²) in [4.78, 5) is 28.2. The third kappa shape index (κ3) is 4.49. The Hall–Kier alpha value is -4.60. The van der Waals surface area contributed by atoms with Crippen molar-refractivity contribution in [3.05, 3.63) is 95.3 Å². The van der Waals surface area contributed by atoms with Crippen LogP contribution in [0.5, 0.6) is 5.75 Å². The number of ether oxygens (including phenoxy) is 1. The van der Waals surface area contributed by atoms with Gasteiger partial charge >= 0.3 is 0 Å². The fourth-order valence-electron chi connectivity index (χ4n) is 4.16. The second-order valence-corrected chi connectivity index (χ2v) is 10.2. The number of carbonyl (C=O) groups is 1. The Balaban J connectivity index is 1.42. The third-order valence-electron chi connectivity index (χ3n) is 6.03. The van der Waals surface area contributed by atoms with Crippen LogP contribution in [0, 0.1) is 0 Å². The van der Waals surface area contributed by atoms with Crippen LogP contribution in [-0.4, -0.2) is 28.0 Å². The second kappa shape index (κ2) is 10.0. The Kier molecular flexibility index (Phi) is 6.28. The van der Waals surface area contributed by atoms with Gasteiger partial charge in [-0.1, -0.05) is 48.5 Å². The van der Waals surface area contributed by atoms with E-state index in [1.54, 1.807) is 13.3 Å². The number of hydrogen-bond acceptors (Lipinski definition) is 8. The van der Waals surface area contributed by atoms with Crippen LogP contribution >= 0.6 is 22.7 Å². The van der Waals surface area contributed by atoms with Crippen molar-refractivity contribution >= 4 is 49.6 Å². The van der Waals surface area contributed by atoms with Gasteiger partial charge in [-0.15, -0.1) is 22.7 Å². The lowest BCUT2D eigenvalue weighted by atomic mass is 9.99. The number of hydrogen-bond donors (Lipinski definition) is 2. The molecule has 0 atom stereocenters. The fourth-order valence-corrected chi connectivity index (χ4v) is 5.88. The highest BCUT2D eigenvalue weighted by Crippen LogP contribution is 2.42. The van der Waals surface area contributed by atoms with Gasteiger partial charge in [0.2, 0.25) is 0 Å². The maximum atomic E-state index is 13.4. The molecule has 0 spiro atoms. The number of fused-ring (bicyclic) bond motifs is 1. The number of nitrogen functional groups attached to an aromatic ring is 1. The van der Waals surface area contributed by atoms with Gasteiger partial charge in [0.1, 0.15) is 21.2 Å². The van der Waals surface area contributed by atoms with E-state index in [1.807, 2.05) is 84.2 Å². The maximum absolute atomic E-state index is 13.4. The number of aromatic nitrogens is 3. The van der Waals surface area contributed by atoms with Crippen molar-refractivity contribution in [1.82, 2.24) is 15.0 Å². The first kappa shape index (κ1) is 23.8. The van der Waals surface area contributed by atoms with Crippen molar-refractivity contribution in [2.75, 3.05) is 18.2 Å². The molecule has 7 nitrogen and oxygen atoms in total. The topological polar surface area (TPSA) is 103 Å². The van der Waals surface area contributed by atoms with Crippen LogP contribution in [0.4, 0.5) is 10.8 Å². The van der Waals surface area contributed by atoms with Crippen molar-refractivity contribution in [3.8, 4) is 39.5 Å². The molecule has 6 aromatic rings. The van der Waals surface area contributed by atoms with Crippen LogP contribution in [0.2, 0.25) is 0 Å². The first-order valence-electron chi connectivity index (χ1n) is 11.7. The summed E-state index contributed by atoms with van der Waals surface area (Å²) in [5.41, 5.74) is 12.1. The van der Waals surface area contributed by atoms with E-state index in [0.29, 0.717) is 26.2 Å². The van der Waals surface area contributed by atoms with Gasteiger partial charge < -0.3 is 10.5 Å². The lowest BCUT2D eigenvalue weighted by Gasteiger charge is -2.09. The minimum atomic E-state index is -0.325. The molecule has 2 aromatic carbocycles. The monoisotopic (exact) mass is 535 g/mol. The molecular formula is C29H21N5O2S2. The molecule has 0 unspecified atom stereocenters. The molecule has 0 bridgehead atoms. The number of anilines is 2. The van der Waals surface area contributed by atoms with Gasteiger partial charge in [0.05, 0.1) is 24.2 Å². The first-order chi connectivity index (χ1) is 18.6. The molecular weight excluding hydrogens is 514 g/mol. The van der Waals surface area contributed by atoms with Gasteiger partial charge in [0, 0.05) is 22.5 Å². The first-order valence-corrected chi connectivity index (χ1v) is 13.4. The van der Waals surface area contributed by atoms with Crippen LogP contribution < -0.4 is 15.8 Å². The molecule has 0 aliphatic rings. The fraction of sp³-hybridized carbons (Fsp3) is 0.0345. The number of nitrogens with two attached hydrogens (primary N) is 1. The minimum Gasteiger partial charge on any atom is -0.497 e. The zero-order valence-corrected chi connectivity index (χ0v) is 21.8. The van der Waals surface area contributed by atoms with Crippen molar-refractivity contribution in [3.63, 3.8) is 0 Å². The molecule has 0 fully saturated rings. The predicted octanol–water partition coefficient (Wildman–Crippen LogP) is 6.99. The number of pyridine rings is 2. The van der Waals surface area contributed by atoms with E-state index in [-0.39, 0.29) is 5.91 Å². The summed E-state index contributed by atoms with van der Waals surface area (Å²) in [5.74, 6) is 0.434. The molecule has 4 aromatic heterocycles. The van der Waals surface area contributed by atoms with Gasteiger partial charge in [0.15, 0.2) is 5.13 Å². The van der Waals surface area contributed by atoms with Crippen molar-refractivity contribution in [1.29, 1.82) is 0 Å². The average molecular weight is 536 g/mol. The highest BCUT2D eigenvalue weighted by molar-refractivity contribution is 7.21. The van der Waals surface area contributed by atoms with E-state index in [2.05, 4.69) is 15.3 Å². The molecule has 3 N–H and O–H groups in total. The minimum absolute atomic E-state index is 0.325. The molecule has 6 rings (SSSR count). The second-order valence-electron chi connectivity index (χ2n) is 8.38. The van der Waals surface area contributed by atoms with E-state index in [9.17, 15) is 4.79 Å². The lowest BCUT2D eigenvalue weighted by molar-refractivity contribution is 0.103. The van der Waals surface area contributed by atoms with Gasteiger partial charge in [-0.3, -0.25) is 15.1 Å². The highest BCUT2D eigenvalue weighted by Gasteiger charge is 2.22. The molecule has 0 radical (unpaired) electrons. The van der Waals surface area contributed by atoms with Gasteiger partial charge in [-0.2, -0.15) is 0 Å². The molecule has 186 valence electrons. The molecule has 0 aliphatic heterocycles. The molecule has 1 amide bonds. The van der Waals surface area contributed by atoms with Gasteiger partial charge in [-0.25, -0.2) is 9.97 Å². The Bertz CT molecular complexity index is 1750.